The molecule has 164 valence electrons. The topological polar surface area (TPSA) is 74.2 Å². The highest BCUT2D eigenvalue weighted by Crippen LogP contribution is 2.31. The van der Waals surface area contributed by atoms with E-state index in [0.717, 1.165) is 43.0 Å². The summed E-state index contributed by atoms with van der Waals surface area (Å²) < 4.78 is 0. The molecule has 4 heterocycles. The zero-order valence-electron chi connectivity index (χ0n) is 17.8. The SMILES string of the molecule is O=C1CCCN1c1cncc(Nc2ncc(Cl)c(-c3cccc(N4CCCCC4)c3)n2)c1. The van der Waals surface area contributed by atoms with Crippen LogP contribution in [0.5, 0.6) is 0 Å². The molecule has 0 spiro atoms. The van der Waals surface area contributed by atoms with Crippen molar-refractivity contribution in [1.82, 2.24) is 15.0 Å². The first-order valence-corrected chi connectivity index (χ1v) is 11.5. The lowest BCUT2D eigenvalue weighted by Gasteiger charge is -2.29. The Bertz CT molecular complexity index is 1130. The molecule has 8 heteroatoms. The van der Waals surface area contributed by atoms with Gasteiger partial charge in [0.15, 0.2) is 0 Å². The van der Waals surface area contributed by atoms with Crippen molar-refractivity contribution in [2.24, 2.45) is 0 Å². The lowest BCUT2D eigenvalue weighted by molar-refractivity contribution is -0.117. The molecule has 0 saturated carbocycles. The van der Waals surface area contributed by atoms with E-state index in [2.05, 4.69) is 37.3 Å². The molecular weight excluding hydrogens is 424 g/mol. The van der Waals surface area contributed by atoms with Crippen LogP contribution in [0.3, 0.4) is 0 Å². The smallest absolute Gasteiger partial charge is 0.227 e. The number of piperidine rings is 1. The van der Waals surface area contributed by atoms with Crippen molar-refractivity contribution < 1.29 is 4.79 Å². The van der Waals surface area contributed by atoms with Crippen LogP contribution in [0.15, 0.2) is 48.9 Å². The minimum atomic E-state index is 0.127. The van der Waals surface area contributed by atoms with Crippen molar-refractivity contribution in [2.75, 3.05) is 34.8 Å². The normalized spacial score (nSPS) is 16.5. The zero-order chi connectivity index (χ0) is 21.9. The minimum absolute atomic E-state index is 0.127. The summed E-state index contributed by atoms with van der Waals surface area (Å²) in [6, 6.07) is 10.2. The van der Waals surface area contributed by atoms with E-state index in [1.54, 1.807) is 23.5 Å². The van der Waals surface area contributed by atoms with Crippen molar-refractivity contribution >= 4 is 40.5 Å². The van der Waals surface area contributed by atoms with Crippen LogP contribution in [-0.2, 0) is 4.79 Å². The first-order valence-electron chi connectivity index (χ1n) is 11.1. The Kier molecular flexibility index (Phi) is 5.90. The van der Waals surface area contributed by atoms with E-state index in [1.165, 1.54) is 24.9 Å². The summed E-state index contributed by atoms with van der Waals surface area (Å²) in [6.07, 6.45) is 10.2. The lowest BCUT2D eigenvalue weighted by Crippen LogP contribution is -2.29. The van der Waals surface area contributed by atoms with Crippen LogP contribution in [0.1, 0.15) is 32.1 Å². The second-order valence-electron chi connectivity index (χ2n) is 8.19. The Hall–Kier alpha value is -3.19. The molecule has 2 fully saturated rings. The van der Waals surface area contributed by atoms with E-state index in [4.69, 9.17) is 11.6 Å². The molecule has 1 N–H and O–H groups in total. The van der Waals surface area contributed by atoms with E-state index >= 15 is 0 Å². The first kappa shape index (κ1) is 20.7. The van der Waals surface area contributed by atoms with Crippen molar-refractivity contribution in [3.63, 3.8) is 0 Å². The summed E-state index contributed by atoms with van der Waals surface area (Å²) in [7, 11) is 0. The highest BCUT2D eigenvalue weighted by atomic mass is 35.5. The molecule has 3 aromatic rings. The monoisotopic (exact) mass is 448 g/mol. The number of pyridine rings is 1. The number of hydrogen-bond acceptors (Lipinski definition) is 6. The van der Waals surface area contributed by atoms with Gasteiger partial charge in [0.1, 0.15) is 0 Å². The van der Waals surface area contributed by atoms with Crippen molar-refractivity contribution in [2.45, 2.75) is 32.1 Å². The second-order valence-corrected chi connectivity index (χ2v) is 8.60. The van der Waals surface area contributed by atoms with E-state index in [-0.39, 0.29) is 5.91 Å². The molecule has 0 aliphatic carbocycles. The van der Waals surface area contributed by atoms with Crippen LogP contribution in [-0.4, -0.2) is 40.5 Å². The number of amides is 1. The number of halogens is 1. The summed E-state index contributed by atoms with van der Waals surface area (Å²) in [6.45, 7) is 2.88. The van der Waals surface area contributed by atoms with Crippen LogP contribution in [0.25, 0.3) is 11.3 Å². The molecule has 0 unspecified atom stereocenters. The van der Waals surface area contributed by atoms with E-state index in [9.17, 15) is 4.79 Å². The number of aromatic nitrogens is 3. The van der Waals surface area contributed by atoms with E-state index in [0.29, 0.717) is 23.1 Å². The molecule has 7 nitrogen and oxygen atoms in total. The number of benzene rings is 1. The van der Waals surface area contributed by atoms with Gasteiger partial charge < -0.3 is 15.1 Å². The molecule has 2 saturated heterocycles. The predicted octanol–water partition coefficient (Wildman–Crippen LogP) is 5.05. The number of nitrogens with zero attached hydrogens (tertiary/aromatic N) is 5. The van der Waals surface area contributed by atoms with Gasteiger partial charge >= 0.3 is 0 Å². The number of rotatable bonds is 5. The van der Waals surface area contributed by atoms with Crippen LogP contribution in [0.4, 0.5) is 23.0 Å². The Balaban J connectivity index is 1.40. The predicted molar refractivity (Wildman–Crippen MR) is 128 cm³/mol. The molecule has 2 aromatic heterocycles. The zero-order valence-corrected chi connectivity index (χ0v) is 18.6. The number of carbonyl (C=O) groups is 1. The molecule has 0 bridgehead atoms. The van der Waals surface area contributed by atoms with Crippen LogP contribution in [0.2, 0.25) is 5.02 Å². The number of carbonyl (C=O) groups excluding carboxylic acids is 1. The molecule has 5 rings (SSSR count). The third-order valence-corrected chi connectivity index (χ3v) is 6.23. The molecule has 2 aliphatic rings. The lowest BCUT2D eigenvalue weighted by atomic mass is 10.1. The highest BCUT2D eigenvalue weighted by Gasteiger charge is 2.22. The number of hydrogen-bond donors (Lipinski definition) is 1. The molecular formula is C24H25ClN6O. The molecule has 1 amide bonds. The Morgan fingerprint density at radius 3 is 2.62 bits per heavy atom. The molecule has 1 aromatic carbocycles. The van der Waals surface area contributed by atoms with Gasteiger partial charge in [-0.25, -0.2) is 9.97 Å². The van der Waals surface area contributed by atoms with Crippen LogP contribution >= 0.6 is 11.6 Å². The van der Waals surface area contributed by atoms with Gasteiger partial charge in [-0.2, -0.15) is 0 Å². The number of anilines is 4. The summed E-state index contributed by atoms with van der Waals surface area (Å²) in [5.74, 6) is 0.557. The van der Waals surface area contributed by atoms with Gasteiger partial charge in [0.05, 0.1) is 40.7 Å². The standard InChI is InChI=1S/C24H25ClN6O/c25-21-16-27-24(28-18-13-20(15-26-14-18)31-11-5-8-22(31)32)29-23(21)17-6-4-7-19(12-17)30-9-2-1-3-10-30/h4,6-7,12-16H,1-3,5,8-11H2,(H,27,28,29). The first-order chi connectivity index (χ1) is 15.7. The third kappa shape index (κ3) is 4.39. The average Bonchev–Trinajstić information content (AvgIpc) is 3.27. The maximum Gasteiger partial charge on any atom is 0.227 e. The van der Waals surface area contributed by atoms with Gasteiger partial charge in [0, 0.05) is 37.3 Å². The van der Waals surface area contributed by atoms with Crippen molar-refractivity contribution in [3.05, 3.63) is 53.9 Å². The Morgan fingerprint density at radius 2 is 1.81 bits per heavy atom. The van der Waals surface area contributed by atoms with Gasteiger partial charge in [-0.05, 0) is 43.9 Å². The molecule has 0 radical (unpaired) electrons. The second kappa shape index (κ2) is 9.12. The highest BCUT2D eigenvalue weighted by molar-refractivity contribution is 6.32. The molecule has 0 atom stereocenters. The van der Waals surface area contributed by atoms with Crippen molar-refractivity contribution in [3.8, 4) is 11.3 Å². The largest absolute Gasteiger partial charge is 0.372 e. The summed E-state index contributed by atoms with van der Waals surface area (Å²) >= 11 is 6.48. The number of nitrogens with one attached hydrogen (secondary N) is 1. The quantitative estimate of drug-likeness (QED) is 0.588. The third-order valence-electron chi connectivity index (χ3n) is 5.95. The fourth-order valence-electron chi connectivity index (χ4n) is 4.33. The van der Waals surface area contributed by atoms with Gasteiger partial charge in [0.25, 0.3) is 0 Å². The van der Waals surface area contributed by atoms with Gasteiger partial charge in [-0.1, -0.05) is 23.7 Å². The maximum absolute atomic E-state index is 12.1. The van der Waals surface area contributed by atoms with Gasteiger partial charge in [-0.3, -0.25) is 9.78 Å². The average molecular weight is 449 g/mol. The summed E-state index contributed by atoms with van der Waals surface area (Å²) in [4.78, 5) is 29.5. The molecule has 32 heavy (non-hydrogen) atoms. The van der Waals surface area contributed by atoms with Crippen LogP contribution in [0, 0.1) is 0 Å². The van der Waals surface area contributed by atoms with Gasteiger partial charge in [0.2, 0.25) is 11.9 Å². The van der Waals surface area contributed by atoms with Crippen molar-refractivity contribution in [1.29, 1.82) is 0 Å². The fraction of sp³-hybridized carbons (Fsp3) is 0.333. The van der Waals surface area contributed by atoms with E-state index in [1.807, 2.05) is 18.2 Å². The summed E-state index contributed by atoms with van der Waals surface area (Å²) in [5.41, 5.74) is 4.33. The fourth-order valence-corrected chi connectivity index (χ4v) is 4.53. The maximum atomic E-state index is 12.1. The molecule has 2 aliphatic heterocycles. The van der Waals surface area contributed by atoms with Crippen LogP contribution < -0.4 is 15.1 Å². The summed E-state index contributed by atoms with van der Waals surface area (Å²) in [5, 5.41) is 3.71. The Labute approximate surface area is 192 Å². The minimum Gasteiger partial charge on any atom is -0.372 e. The van der Waals surface area contributed by atoms with Gasteiger partial charge in [-0.15, -0.1) is 0 Å². The van der Waals surface area contributed by atoms with E-state index < -0.39 is 0 Å². The Morgan fingerprint density at radius 1 is 0.938 bits per heavy atom.